The van der Waals surface area contributed by atoms with Crippen LogP contribution in [0.1, 0.15) is 47.2 Å². The highest BCUT2D eigenvalue weighted by atomic mass is 32.1. The topological polar surface area (TPSA) is 38.9 Å². The van der Waals surface area contributed by atoms with E-state index in [1.165, 1.54) is 35.6 Å². The summed E-state index contributed by atoms with van der Waals surface area (Å²) in [5, 5.41) is 1.33. The zero-order chi connectivity index (χ0) is 9.26. The van der Waals surface area contributed by atoms with E-state index < -0.39 is 0 Å². The number of hydrogen-bond acceptors (Lipinski definition) is 3. The van der Waals surface area contributed by atoms with Crippen LogP contribution in [0.25, 0.3) is 0 Å². The van der Waals surface area contributed by atoms with Crippen molar-refractivity contribution in [3.8, 4) is 0 Å². The van der Waals surface area contributed by atoms with Gasteiger partial charge in [-0.1, -0.05) is 12.8 Å². The number of nitrogens with two attached hydrogens (primary N) is 1. The number of hydrogen-bond donors (Lipinski definition) is 1. The molecule has 1 aromatic heterocycles. The second kappa shape index (κ2) is 3.76. The van der Waals surface area contributed by atoms with Crippen LogP contribution in [-0.4, -0.2) is 4.98 Å². The molecule has 1 aliphatic rings. The lowest BCUT2D eigenvalue weighted by Gasteiger charge is -2.02. The monoisotopic (exact) mass is 196 g/mol. The maximum atomic E-state index is 5.61. The third-order valence-electron chi connectivity index (χ3n) is 2.81. The van der Waals surface area contributed by atoms with Gasteiger partial charge in [0.05, 0.1) is 10.7 Å². The minimum Gasteiger partial charge on any atom is -0.325 e. The highest BCUT2D eigenvalue weighted by molar-refractivity contribution is 7.11. The molecule has 0 saturated heterocycles. The van der Waals surface area contributed by atoms with E-state index >= 15 is 0 Å². The molecule has 1 saturated carbocycles. The van der Waals surface area contributed by atoms with Gasteiger partial charge in [0, 0.05) is 17.3 Å². The van der Waals surface area contributed by atoms with Gasteiger partial charge >= 0.3 is 0 Å². The largest absolute Gasteiger partial charge is 0.325 e. The first-order valence-electron chi connectivity index (χ1n) is 4.97. The molecule has 0 aromatic carbocycles. The molecule has 2 nitrogen and oxygen atoms in total. The fourth-order valence-electron chi connectivity index (χ4n) is 1.99. The fraction of sp³-hybridized carbons (Fsp3) is 0.700. The van der Waals surface area contributed by atoms with Gasteiger partial charge in [0.1, 0.15) is 0 Å². The molecule has 1 fully saturated rings. The first-order chi connectivity index (χ1) is 6.31. The van der Waals surface area contributed by atoms with E-state index in [0.717, 1.165) is 11.6 Å². The van der Waals surface area contributed by atoms with Gasteiger partial charge in [0.15, 0.2) is 0 Å². The van der Waals surface area contributed by atoms with Crippen LogP contribution in [0.3, 0.4) is 0 Å². The lowest BCUT2D eigenvalue weighted by molar-refractivity contribution is 0.711. The first kappa shape index (κ1) is 9.16. The predicted molar refractivity (Wildman–Crippen MR) is 56.0 cm³/mol. The Labute approximate surface area is 83.2 Å². The maximum Gasteiger partial charge on any atom is 0.0962 e. The van der Waals surface area contributed by atoms with Crippen LogP contribution in [0.5, 0.6) is 0 Å². The zero-order valence-corrected chi connectivity index (χ0v) is 8.86. The molecule has 0 bridgehead atoms. The van der Waals surface area contributed by atoms with E-state index in [2.05, 4.69) is 11.9 Å². The predicted octanol–water partition coefficient (Wildman–Crippen LogP) is 2.57. The van der Waals surface area contributed by atoms with Gasteiger partial charge in [-0.3, -0.25) is 0 Å². The summed E-state index contributed by atoms with van der Waals surface area (Å²) in [6.07, 6.45) is 5.41. The van der Waals surface area contributed by atoms with Gasteiger partial charge in [-0.05, 0) is 19.8 Å². The molecule has 2 rings (SSSR count). The van der Waals surface area contributed by atoms with Gasteiger partial charge < -0.3 is 5.73 Å². The molecule has 0 amide bonds. The van der Waals surface area contributed by atoms with E-state index in [-0.39, 0.29) is 0 Å². The zero-order valence-electron chi connectivity index (χ0n) is 8.05. The lowest BCUT2D eigenvalue weighted by atomic mass is 10.1. The highest BCUT2D eigenvalue weighted by Gasteiger charge is 2.20. The molecule has 2 N–H and O–H groups in total. The molecule has 1 aromatic rings. The van der Waals surface area contributed by atoms with Crippen LogP contribution in [0, 0.1) is 6.92 Å². The third-order valence-corrected chi connectivity index (χ3v) is 3.98. The van der Waals surface area contributed by atoms with Crippen LogP contribution in [0.4, 0.5) is 0 Å². The highest BCUT2D eigenvalue weighted by Crippen LogP contribution is 2.36. The van der Waals surface area contributed by atoms with Crippen LogP contribution in [0.15, 0.2) is 0 Å². The van der Waals surface area contributed by atoms with Crippen molar-refractivity contribution in [3.05, 3.63) is 15.6 Å². The summed E-state index contributed by atoms with van der Waals surface area (Å²) in [5.41, 5.74) is 6.71. The van der Waals surface area contributed by atoms with Crippen molar-refractivity contribution in [1.29, 1.82) is 0 Å². The van der Waals surface area contributed by atoms with Gasteiger partial charge in [-0.25, -0.2) is 4.98 Å². The molecule has 0 atom stereocenters. The molecule has 0 unspecified atom stereocenters. The van der Waals surface area contributed by atoms with E-state index in [0.29, 0.717) is 6.54 Å². The molecular formula is C10H16N2S. The molecule has 0 radical (unpaired) electrons. The third kappa shape index (κ3) is 1.76. The van der Waals surface area contributed by atoms with E-state index in [4.69, 9.17) is 5.73 Å². The summed E-state index contributed by atoms with van der Waals surface area (Å²) in [5.74, 6) is 0.740. The molecular weight excluding hydrogens is 180 g/mol. The van der Waals surface area contributed by atoms with Crippen molar-refractivity contribution in [1.82, 2.24) is 4.98 Å². The Morgan fingerprint density at radius 2 is 2.15 bits per heavy atom. The smallest absolute Gasteiger partial charge is 0.0962 e. The summed E-state index contributed by atoms with van der Waals surface area (Å²) in [7, 11) is 0. The van der Waals surface area contributed by atoms with Crippen molar-refractivity contribution in [2.24, 2.45) is 5.73 Å². The number of rotatable bonds is 2. The van der Waals surface area contributed by atoms with Gasteiger partial charge in [0.2, 0.25) is 0 Å². The Bertz CT molecular complexity index is 287. The second-order valence-electron chi connectivity index (χ2n) is 3.74. The van der Waals surface area contributed by atoms with Crippen molar-refractivity contribution in [2.75, 3.05) is 0 Å². The van der Waals surface area contributed by atoms with Crippen LogP contribution < -0.4 is 5.73 Å². The number of thiazole rings is 1. The van der Waals surface area contributed by atoms with Crippen LogP contribution in [0.2, 0.25) is 0 Å². The standard InChI is InChI=1S/C10H16N2S/c1-7-9(6-11)12-10(13-7)8-4-2-3-5-8/h8H,2-6,11H2,1H3. The summed E-state index contributed by atoms with van der Waals surface area (Å²) in [4.78, 5) is 5.91. The molecule has 1 aliphatic carbocycles. The Kier molecular flexibility index (Phi) is 2.65. The first-order valence-corrected chi connectivity index (χ1v) is 5.79. The van der Waals surface area contributed by atoms with E-state index in [9.17, 15) is 0 Å². The Balaban J connectivity index is 2.20. The fourth-order valence-corrected chi connectivity index (χ4v) is 3.11. The number of aryl methyl sites for hydroxylation is 1. The van der Waals surface area contributed by atoms with Crippen molar-refractivity contribution in [3.63, 3.8) is 0 Å². The summed E-state index contributed by atoms with van der Waals surface area (Å²) in [6.45, 7) is 2.72. The van der Waals surface area contributed by atoms with Gasteiger partial charge in [-0.2, -0.15) is 0 Å². The lowest BCUT2D eigenvalue weighted by Crippen LogP contribution is -1.99. The van der Waals surface area contributed by atoms with Crippen molar-refractivity contribution >= 4 is 11.3 Å². The van der Waals surface area contributed by atoms with Crippen molar-refractivity contribution in [2.45, 2.75) is 45.1 Å². The number of nitrogens with zero attached hydrogens (tertiary/aromatic N) is 1. The molecule has 13 heavy (non-hydrogen) atoms. The quantitative estimate of drug-likeness (QED) is 0.789. The second-order valence-corrected chi connectivity index (χ2v) is 4.98. The SMILES string of the molecule is Cc1sc(C2CCCC2)nc1CN. The van der Waals surface area contributed by atoms with Gasteiger partial charge in [-0.15, -0.1) is 11.3 Å². The minimum atomic E-state index is 0.592. The normalized spacial score (nSPS) is 18.3. The average Bonchev–Trinajstić information content (AvgIpc) is 2.71. The summed E-state index contributed by atoms with van der Waals surface area (Å²) >= 11 is 1.85. The molecule has 72 valence electrons. The molecule has 0 spiro atoms. The van der Waals surface area contributed by atoms with E-state index in [1.807, 2.05) is 11.3 Å². The van der Waals surface area contributed by atoms with Crippen molar-refractivity contribution < 1.29 is 0 Å². The molecule has 3 heteroatoms. The number of aromatic nitrogens is 1. The Hall–Kier alpha value is -0.410. The van der Waals surface area contributed by atoms with Crippen LogP contribution >= 0.6 is 11.3 Å². The van der Waals surface area contributed by atoms with Crippen LogP contribution in [-0.2, 0) is 6.54 Å². The average molecular weight is 196 g/mol. The summed E-state index contributed by atoms with van der Waals surface area (Å²) in [6, 6.07) is 0. The maximum absolute atomic E-state index is 5.61. The minimum absolute atomic E-state index is 0.592. The summed E-state index contributed by atoms with van der Waals surface area (Å²) < 4.78 is 0. The Morgan fingerprint density at radius 3 is 2.69 bits per heavy atom. The van der Waals surface area contributed by atoms with Gasteiger partial charge in [0.25, 0.3) is 0 Å². The molecule has 1 heterocycles. The molecule has 0 aliphatic heterocycles. The Morgan fingerprint density at radius 1 is 1.46 bits per heavy atom. The van der Waals surface area contributed by atoms with E-state index in [1.54, 1.807) is 0 Å².